The van der Waals surface area contributed by atoms with Gasteiger partial charge in [0, 0.05) is 15.6 Å². The fourth-order valence-electron chi connectivity index (χ4n) is 3.14. The average Bonchev–Trinajstić information content (AvgIpc) is 2.78. The number of nitrogens with one attached hydrogen (secondary N) is 1. The lowest BCUT2D eigenvalue weighted by molar-refractivity contribution is -0.130. The van der Waals surface area contributed by atoms with E-state index in [1.807, 2.05) is 6.07 Å². The lowest BCUT2D eigenvalue weighted by Crippen LogP contribution is -2.44. The van der Waals surface area contributed by atoms with Crippen molar-refractivity contribution in [2.45, 2.75) is 25.3 Å². The third-order valence-corrected chi connectivity index (χ3v) is 5.63. The number of aliphatic imine (C=N–C) groups is 1. The highest BCUT2D eigenvalue weighted by Gasteiger charge is 2.33. The van der Waals surface area contributed by atoms with Gasteiger partial charge < -0.3 is 11.1 Å². The van der Waals surface area contributed by atoms with Crippen LogP contribution in [0.1, 0.15) is 36.6 Å². The van der Waals surface area contributed by atoms with Gasteiger partial charge in [-0.2, -0.15) is 4.99 Å². The number of amides is 2. The maximum atomic E-state index is 13.3. The minimum atomic E-state index is -1.06. The molecule has 0 radical (unpaired) electrons. The van der Waals surface area contributed by atoms with Crippen LogP contribution in [-0.2, 0) is 15.0 Å². The number of rotatable bonds is 6. The van der Waals surface area contributed by atoms with Gasteiger partial charge in [-0.15, -0.1) is 0 Å². The zero-order valence-electron chi connectivity index (χ0n) is 17.7. The van der Waals surface area contributed by atoms with Crippen LogP contribution in [0.25, 0.3) is 0 Å². The molecule has 164 valence electrons. The highest BCUT2D eigenvalue weighted by Crippen LogP contribution is 2.27. The maximum Gasteiger partial charge on any atom is 0.274 e. The van der Waals surface area contributed by atoms with Crippen molar-refractivity contribution in [3.8, 4) is 0 Å². The Bertz CT molecular complexity index is 1140. The molecule has 3 rings (SSSR count). The summed E-state index contributed by atoms with van der Waals surface area (Å²) in [4.78, 5) is 30.5. The van der Waals surface area contributed by atoms with E-state index < -0.39 is 17.4 Å². The van der Waals surface area contributed by atoms with E-state index in [2.05, 4.69) is 10.3 Å². The standard InChI is InChI=1S/C25H23Cl2N3O2/c1-25(2,18-11-13-19(26)14-12-18)24(32)29-21(17-9-6-10-20(27)15-17)23(31)30-22(28)16-7-4-3-5-8-16/h3-15,21H,1-2H3,(H,29,32)(H2,28,30,31). The van der Waals surface area contributed by atoms with Crippen molar-refractivity contribution < 1.29 is 9.59 Å². The van der Waals surface area contributed by atoms with E-state index in [1.54, 1.807) is 86.6 Å². The zero-order chi connectivity index (χ0) is 23.3. The molecular weight excluding hydrogens is 445 g/mol. The molecule has 5 nitrogen and oxygen atoms in total. The van der Waals surface area contributed by atoms with Crippen LogP contribution in [0, 0.1) is 0 Å². The SMILES string of the molecule is CC(C)(C(=O)NC(C(=O)N=C(N)c1ccccc1)c1cccc(Cl)c1)c1ccc(Cl)cc1. The summed E-state index contributed by atoms with van der Waals surface area (Å²) in [5.41, 5.74) is 6.98. The molecule has 3 aromatic carbocycles. The molecule has 32 heavy (non-hydrogen) atoms. The van der Waals surface area contributed by atoms with Crippen LogP contribution in [0.2, 0.25) is 10.0 Å². The van der Waals surface area contributed by atoms with Gasteiger partial charge >= 0.3 is 0 Å². The Morgan fingerprint density at radius 2 is 1.56 bits per heavy atom. The molecule has 0 aromatic heterocycles. The largest absolute Gasteiger partial charge is 0.383 e. The first kappa shape index (κ1) is 23.5. The van der Waals surface area contributed by atoms with Gasteiger partial charge in [0.15, 0.2) is 0 Å². The molecule has 3 N–H and O–H groups in total. The van der Waals surface area contributed by atoms with E-state index in [-0.39, 0.29) is 11.7 Å². The second kappa shape index (κ2) is 9.98. The van der Waals surface area contributed by atoms with Gasteiger partial charge in [-0.25, -0.2) is 0 Å². The fourth-order valence-corrected chi connectivity index (χ4v) is 3.46. The summed E-state index contributed by atoms with van der Waals surface area (Å²) in [7, 11) is 0. The first-order chi connectivity index (χ1) is 15.2. The summed E-state index contributed by atoms with van der Waals surface area (Å²) in [5, 5.41) is 3.84. The Hall–Kier alpha value is -3.15. The number of carbonyl (C=O) groups excluding carboxylic acids is 2. The number of benzene rings is 3. The Morgan fingerprint density at radius 3 is 2.19 bits per heavy atom. The molecule has 3 aromatic rings. The van der Waals surface area contributed by atoms with Gasteiger partial charge in [-0.1, -0.05) is 77.8 Å². The molecule has 0 aliphatic rings. The number of carbonyl (C=O) groups is 2. The molecule has 0 spiro atoms. The predicted octanol–water partition coefficient (Wildman–Crippen LogP) is 5.06. The van der Waals surface area contributed by atoms with E-state index in [4.69, 9.17) is 28.9 Å². The van der Waals surface area contributed by atoms with Crippen molar-refractivity contribution in [1.29, 1.82) is 0 Å². The normalized spacial score (nSPS) is 12.8. The molecule has 0 fully saturated rings. The molecular formula is C25H23Cl2N3O2. The summed E-state index contributed by atoms with van der Waals surface area (Å²) in [6.45, 7) is 3.54. The number of nitrogens with two attached hydrogens (primary N) is 1. The first-order valence-corrected chi connectivity index (χ1v) is 10.7. The lowest BCUT2D eigenvalue weighted by Gasteiger charge is -2.27. The number of nitrogens with zero attached hydrogens (tertiary/aromatic N) is 1. The quantitative estimate of drug-likeness (QED) is 0.392. The highest BCUT2D eigenvalue weighted by molar-refractivity contribution is 6.31. The first-order valence-electron chi connectivity index (χ1n) is 9.94. The van der Waals surface area contributed by atoms with Gasteiger partial charge in [-0.3, -0.25) is 9.59 Å². The zero-order valence-corrected chi connectivity index (χ0v) is 19.2. The Morgan fingerprint density at radius 1 is 0.906 bits per heavy atom. The second-order valence-corrected chi connectivity index (χ2v) is 8.67. The van der Waals surface area contributed by atoms with Crippen molar-refractivity contribution in [2.75, 3.05) is 0 Å². The monoisotopic (exact) mass is 467 g/mol. The minimum Gasteiger partial charge on any atom is -0.383 e. The third kappa shape index (κ3) is 5.55. The van der Waals surface area contributed by atoms with Gasteiger partial charge in [0.25, 0.3) is 5.91 Å². The van der Waals surface area contributed by atoms with Gasteiger partial charge in [-0.05, 0) is 49.2 Å². The van der Waals surface area contributed by atoms with Gasteiger partial charge in [0.05, 0.1) is 5.41 Å². The molecule has 0 bridgehead atoms. The van der Waals surface area contributed by atoms with E-state index in [9.17, 15) is 9.59 Å². The van der Waals surface area contributed by atoms with E-state index in [0.29, 0.717) is 21.2 Å². The molecule has 0 heterocycles. The number of hydrogen-bond donors (Lipinski definition) is 2. The number of hydrogen-bond acceptors (Lipinski definition) is 2. The maximum absolute atomic E-state index is 13.3. The number of halogens is 2. The molecule has 0 saturated heterocycles. The van der Waals surface area contributed by atoms with Crippen molar-refractivity contribution in [3.63, 3.8) is 0 Å². The van der Waals surface area contributed by atoms with Crippen molar-refractivity contribution in [3.05, 3.63) is 106 Å². The molecule has 1 atom stereocenters. The minimum absolute atomic E-state index is 0.0637. The number of amidine groups is 1. The predicted molar refractivity (Wildman–Crippen MR) is 129 cm³/mol. The van der Waals surface area contributed by atoms with Crippen LogP contribution in [0.4, 0.5) is 0 Å². The van der Waals surface area contributed by atoms with Crippen molar-refractivity contribution >= 4 is 40.9 Å². The second-order valence-electron chi connectivity index (χ2n) is 7.79. The van der Waals surface area contributed by atoms with Crippen LogP contribution in [0.5, 0.6) is 0 Å². The van der Waals surface area contributed by atoms with E-state index in [0.717, 1.165) is 5.56 Å². The summed E-state index contributed by atoms with van der Waals surface area (Å²) < 4.78 is 0. The highest BCUT2D eigenvalue weighted by atomic mass is 35.5. The molecule has 1 unspecified atom stereocenters. The van der Waals surface area contributed by atoms with Gasteiger partial charge in [0.2, 0.25) is 5.91 Å². The lowest BCUT2D eigenvalue weighted by atomic mass is 9.83. The fraction of sp³-hybridized carbons (Fsp3) is 0.160. The van der Waals surface area contributed by atoms with Gasteiger partial charge in [0.1, 0.15) is 11.9 Å². The third-order valence-electron chi connectivity index (χ3n) is 5.14. The molecule has 0 aliphatic heterocycles. The summed E-state index contributed by atoms with van der Waals surface area (Å²) in [5.74, 6) is -0.894. The summed E-state index contributed by atoms with van der Waals surface area (Å²) in [6.07, 6.45) is 0. The topological polar surface area (TPSA) is 84.5 Å². The van der Waals surface area contributed by atoms with Crippen LogP contribution in [-0.4, -0.2) is 17.6 Å². The molecule has 0 saturated carbocycles. The Labute approximate surface area is 197 Å². The summed E-state index contributed by atoms with van der Waals surface area (Å²) in [6, 6.07) is 21.6. The van der Waals surface area contributed by atoms with Crippen LogP contribution >= 0.6 is 23.2 Å². The van der Waals surface area contributed by atoms with Crippen molar-refractivity contribution in [1.82, 2.24) is 5.32 Å². The summed E-state index contributed by atoms with van der Waals surface area (Å²) >= 11 is 12.1. The molecule has 2 amide bonds. The average molecular weight is 468 g/mol. The van der Waals surface area contributed by atoms with E-state index >= 15 is 0 Å². The van der Waals surface area contributed by atoms with Crippen LogP contribution in [0.3, 0.4) is 0 Å². The molecule has 7 heteroatoms. The Kier molecular flexibility index (Phi) is 7.33. The van der Waals surface area contributed by atoms with Crippen LogP contribution < -0.4 is 11.1 Å². The smallest absolute Gasteiger partial charge is 0.274 e. The molecule has 0 aliphatic carbocycles. The Balaban J connectivity index is 1.93. The van der Waals surface area contributed by atoms with Crippen molar-refractivity contribution in [2.24, 2.45) is 10.7 Å². The van der Waals surface area contributed by atoms with Crippen LogP contribution in [0.15, 0.2) is 83.9 Å². The van der Waals surface area contributed by atoms with E-state index in [1.165, 1.54) is 0 Å².